The molecule has 0 fully saturated rings. The van der Waals surface area contributed by atoms with E-state index >= 15 is 0 Å². The van der Waals surface area contributed by atoms with E-state index in [1.165, 1.54) is 6.08 Å². The maximum absolute atomic E-state index is 11.7. The summed E-state index contributed by atoms with van der Waals surface area (Å²) in [5.41, 5.74) is 0.113. The SMILES string of the molecule is CC(C)C1=CC(C(C)C)=C([N+](=O)[O-])C(=O)C1=O. The van der Waals surface area contributed by atoms with Gasteiger partial charge in [-0.25, -0.2) is 0 Å². The van der Waals surface area contributed by atoms with E-state index in [0.717, 1.165) is 0 Å². The van der Waals surface area contributed by atoms with Crippen molar-refractivity contribution in [3.63, 3.8) is 0 Å². The number of carbonyl (C=O) groups excluding carboxylic acids is 2. The third kappa shape index (κ3) is 2.33. The Balaban J connectivity index is 3.47. The fourth-order valence-electron chi connectivity index (χ4n) is 1.73. The zero-order valence-corrected chi connectivity index (χ0v) is 10.3. The summed E-state index contributed by atoms with van der Waals surface area (Å²) in [6.07, 6.45) is 1.50. The van der Waals surface area contributed by atoms with E-state index in [-0.39, 0.29) is 11.8 Å². The number of carbonyl (C=O) groups is 2. The summed E-state index contributed by atoms with van der Waals surface area (Å²) in [5.74, 6) is -2.03. The second kappa shape index (κ2) is 4.61. The molecular formula is C12H15NO4. The molecule has 1 aliphatic rings. The highest BCUT2D eigenvalue weighted by Crippen LogP contribution is 2.28. The molecule has 0 unspecified atom stereocenters. The van der Waals surface area contributed by atoms with Gasteiger partial charge in [0.1, 0.15) is 0 Å². The van der Waals surface area contributed by atoms with Crippen molar-refractivity contribution in [1.29, 1.82) is 0 Å². The number of hydrogen-bond acceptors (Lipinski definition) is 4. The fraction of sp³-hybridized carbons (Fsp3) is 0.500. The van der Waals surface area contributed by atoms with Crippen LogP contribution in [-0.4, -0.2) is 16.5 Å². The van der Waals surface area contributed by atoms with Crippen molar-refractivity contribution in [2.75, 3.05) is 0 Å². The molecule has 17 heavy (non-hydrogen) atoms. The van der Waals surface area contributed by atoms with E-state index in [9.17, 15) is 19.7 Å². The van der Waals surface area contributed by atoms with Crippen LogP contribution >= 0.6 is 0 Å². The molecule has 0 radical (unpaired) electrons. The van der Waals surface area contributed by atoms with Crippen LogP contribution in [0.4, 0.5) is 0 Å². The summed E-state index contributed by atoms with van der Waals surface area (Å²) in [6, 6.07) is 0. The average Bonchev–Trinajstić information content (AvgIpc) is 2.19. The highest BCUT2D eigenvalue weighted by atomic mass is 16.6. The third-order valence-corrected chi connectivity index (χ3v) is 2.69. The molecule has 0 N–H and O–H groups in total. The lowest BCUT2D eigenvalue weighted by molar-refractivity contribution is -0.419. The minimum absolute atomic E-state index is 0.117. The van der Waals surface area contributed by atoms with Crippen LogP contribution in [0.3, 0.4) is 0 Å². The molecule has 0 aliphatic heterocycles. The first-order valence-corrected chi connectivity index (χ1v) is 5.46. The molecule has 1 aliphatic carbocycles. The van der Waals surface area contributed by atoms with Crippen molar-refractivity contribution in [3.8, 4) is 0 Å². The van der Waals surface area contributed by atoms with Gasteiger partial charge in [-0.3, -0.25) is 19.7 Å². The molecule has 1 rings (SSSR count). The lowest BCUT2D eigenvalue weighted by Crippen LogP contribution is -2.30. The van der Waals surface area contributed by atoms with Crippen molar-refractivity contribution in [1.82, 2.24) is 0 Å². The van der Waals surface area contributed by atoms with E-state index in [2.05, 4.69) is 0 Å². The molecule has 5 heteroatoms. The van der Waals surface area contributed by atoms with Crippen molar-refractivity contribution < 1.29 is 14.5 Å². The molecule has 0 saturated heterocycles. The van der Waals surface area contributed by atoms with Crippen molar-refractivity contribution >= 4 is 11.6 Å². The van der Waals surface area contributed by atoms with Crippen molar-refractivity contribution in [3.05, 3.63) is 33.0 Å². The summed E-state index contributed by atoms with van der Waals surface area (Å²) in [5, 5.41) is 10.8. The quantitative estimate of drug-likeness (QED) is 0.325. The van der Waals surface area contributed by atoms with Crippen LogP contribution in [0.1, 0.15) is 27.7 Å². The maximum Gasteiger partial charge on any atom is 0.323 e. The molecule has 0 aromatic rings. The fourth-order valence-corrected chi connectivity index (χ4v) is 1.73. The van der Waals surface area contributed by atoms with Crippen LogP contribution in [0, 0.1) is 22.0 Å². The molecule has 0 bridgehead atoms. The van der Waals surface area contributed by atoms with Gasteiger partial charge in [-0.2, -0.15) is 0 Å². The number of nitrogens with zero attached hydrogens (tertiary/aromatic N) is 1. The zero-order valence-electron chi connectivity index (χ0n) is 10.3. The van der Waals surface area contributed by atoms with Gasteiger partial charge in [-0.1, -0.05) is 27.7 Å². The second-order valence-corrected chi connectivity index (χ2v) is 4.63. The van der Waals surface area contributed by atoms with Crippen LogP contribution in [-0.2, 0) is 9.59 Å². The Morgan fingerprint density at radius 3 is 1.94 bits per heavy atom. The molecule has 0 amide bonds. The summed E-state index contributed by atoms with van der Waals surface area (Å²) in [7, 11) is 0. The molecule has 5 nitrogen and oxygen atoms in total. The standard InChI is InChI=1S/C12H15NO4/c1-6(2)8-5-9(7(3)4)11(14)12(15)10(8)13(16)17/h5-7H,1-4H3. The van der Waals surface area contributed by atoms with Crippen LogP contribution in [0.5, 0.6) is 0 Å². The number of rotatable bonds is 3. The molecular weight excluding hydrogens is 222 g/mol. The van der Waals surface area contributed by atoms with Gasteiger partial charge in [-0.05, 0) is 17.9 Å². The number of Topliss-reactive ketones (excluding diaryl/α,β-unsaturated/α-hetero) is 2. The van der Waals surface area contributed by atoms with Crippen molar-refractivity contribution in [2.24, 2.45) is 11.8 Å². The molecule has 0 atom stereocenters. The molecule has 0 spiro atoms. The Bertz CT molecular complexity index is 455. The summed E-state index contributed by atoms with van der Waals surface area (Å²) < 4.78 is 0. The van der Waals surface area contributed by atoms with Gasteiger partial charge in [0.2, 0.25) is 5.78 Å². The Hall–Kier alpha value is -1.78. The van der Waals surface area contributed by atoms with Crippen LogP contribution in [0.2, 0.25) is 0 Å². The first-order chi connectivity index (χ1) is 7.77. The van der Waals surface area contributed by atoms with Gasteiger partial charge in [0.05, 0.1) is 4.92 Å². The van der Waals surface area contributed by atoms with Gasteiger partial charge < -0.3 is 0 Å². The van der Waals surface area contributed by atoms with Gasteiger partial charge in [0.25, 0.3) is 0 Å². The van der Waals surface area contributed by atoms with E-state index in [1.807, 2.05) is 0 Å². The third-order valence-electron chi connectivity index (χ3n) is 2.69. The number of hydrogen-bond donors (Lipinski definition) is 0. The summed E-state index contributed by atoms with van der Waals surface area (Å²) in [4.78, 5) is 33.5. The largest absolute Gasteiger partial charge is 0.323 e. The van der Waals surface area contributed by atoms with Gasteiger partial charge >= 0.3 is 11.5 Å². The second-order valence-electron chi connectivity index (χ2n) is 4.63. The van der Waals surface area contributed by atoms with Crippen molar-refractivity contribution in [2.45, 2.75) is 27.7 Å². The number of nitro groups is 1. The van der Waals surface area contributed by atoms with Crippen LogP contribution < -0.4 is 0 Å². The summed E-state index contributed by atoms with van der Waals surface area (Å²) >= 11 is 0. The minimum Gasteiger partial charge on any atom is -0.285 e. The average molecular weight is 237 g/mol. The molecule has 0 aromatic carbocycles. The van der Waals surface area contributed by atoms with E-state index in [4.69, 9.17) is 0 Å². The Morgan fingerprint density at radius 1 is 1.06 bits per heavy atom. The summed E-state index contributed by atoms with van der Waals surface area (Å²) in [6.45, 7) is 7.09. The predicted molar refractivity (Wildman–Crippen MR) is 61.8 cm³/mol. The predicted octanol–water partition coefficient (Wildman–Crippen LogP) is 1.91. The molecule has 0 aromatic heterocycles. The lowest BCUT2D eigenvalue weighted by atomic mass is 9.84. The minimum atomic E-state index is -0.995. The van der Waals surface area contributed by atoms with E-state index in [0.29, 0.717) is 11.1 Å². The Labute approximate surface area is 99.3 Å². The van der Waals surface area contributed by atoms with Gasteiger partial charge in [0, 0.05) is 11.1 Å². The Morgan fingerprint density at radius 2 is 1.59 bits per heavy atom. The van der Waals surface area contributed by atoms with Gasteiger partial charge in [0.15, 0.2) is 0 Å². The number of ketones is 2. The normalized spacial score (nSPS) is 16.9. The first kappa shape index (κ1) is 13.3. The highest BCUT2D eigenvalue weighted by molar-refractivity contribution is 6.49. The highest BCUT2D eigenvalue weighted by Gasteiger charge is 2.39. The Kier molecular flexibility index (Phi) is 3.60. The van der Waals surface area contributed by atoms with Gasteiger partial charge in [-0.15, -0.1) is 0 Å². The maximum atomic E-state index is 11.7. The van der Waals surface area contributed by atoms with E-state index < -0.39 is 22.2 Å². The zero-order chi connectivity index (χ0) is 13.3. The topological polar surface area (TPSA) is 77.3 Å². The van der Waals surface area contributed by atoms with E-state index in [1.54, 1.807) is 27.7 Å². The molecule has 0 heterocycles. The molecule has 0 saturated carbocycles. The number of allylic oxidation sites excluding steroid dienone is 4. The molecule has 92 valence electrons. The smallest absolute Gasteiger partial charge is 0.285 e. The lowest BCUT2D eigenvalue weighted by Gasteiger charge is -2.17. The van der Waals surface area contributed by atoms with Crippen LogP contribution in [0.25, 0.3) is 0 Å². The van der Waals surface area contributed by atoms with Crippen LogP contribution in [0.15, 0.2) is 22.9 Å². The first-order valence-electron chi connectivity index (χ1n) is 5.46. The monoisotopic (exact) mass is 237 g/mol.